The predicted octanol–water partition coefficient (Wildman–Crippen LogP) is 4.67. The fourth-order valence-corrected chi connectivity index (χ4v) is 3.70. The lowest BCUT2D eigenvalue weighted by atomic mass is 10.1. The highest BCUT2D eigenvalue weighted by Gasteiger charge is 2.17. The Labute approximate surface area is 153 Å². The molecule has 0 bridgehead atoms. The van der Waals surface area contributed by atoms with Crippen molar-refractivity contribution in [1.29, 1.82) is 0 Å². The van der Waals surface area contributed by atoms with E-state index in [1.807, 2.05) is 38.1 Å². The average Bonchev–Trinajstić information content (AvgIpc) is 3.03. The van der Waals surface area contributed by atoms with Gasteiger partial charge < -0.3 is 5.73 Å². The molecule has 0 aliphatic carbocycles. The molecule has 0 amide bonds. The Morgan fingerprint density at radius 3 is 2.68 bits per heavy atom. The van der Waals surface area contributed by atoms with Crippen molar-refractivity contribution < 1.29 is 0 Å². The van der Waals surface area contributed by atoms with Crippen LogP contribution >= 0.6 is 22.9 Å². The number of fused-ring (bicyclic) bond motifs is 1. The molecule has 0 aliphatic heterocycles. The third-order valence-electron chi connectivity index (χ3n) is 3.89. The van der Waals surface area contributed by atoms with Gasteiger partial charge in [-0.15, -0.1) is 11.3 Å². The van der Waals surface area contributed by atoms with Gasteiger partial charge in [0.1, 0.15) is 11.5 Å². The molecule has 124 valence electrons. The summed E-state index contributed by atoms with van der Waals surface area (Å²) in [6, 6.07) is 7.75. The van der Waals surface area contributed by atoms with Gasteiger partial charge in [0, 0.05) is 23.3 Å². The number of aryl methyl sites for hydroxylation is 2. The molecule has 7 heteroatoms. The van der Waals surface area contributed by atoms with Gasteiger partial charge in [-0.1, -0.05) is 17.7 Å². The highest BCUT2D eigenvalue weighted by molar-refractivity contribution is 7.15. The quantitative estimate of drug-likeness (QED) is 0.557. The predicted molar refractivity (Wildman–Crippen MR) is 103 cm³/mol. The number of nitrogen functional groups attached to an aromatic ring is 1. The minimum atomic E-state index is 0.415. The van der Waals surface area contributed by atoms with Gasteiger partial charge in [0.25, 0.3) is 0 Å². The highest BCUT2D eigenvalue weighted by Crippen LogP contribution is 2.36. The number of hydrogen-bond acceptors (Lipinski definition) is 6. The monoisotopic (exact) mass is 367 g/mol. The van der Waals surface area contributed by atoms with Gasteiger partial charge >= 0.3 is 0 Å². The lowest BCUT2D eigenvalue weighted by molar-refractivity contribution is 1.14. The van der Waals surface area contributed by atoms with Gasteiger partial charge in [0.05, 0.1) is 31.8 Å². The van der Waals surface area contributed by atoms with Gasteiger partial charge in [-0.3, -0.25) is 4.98 Å². The zero-order chi connectivity index (χ0) is 17.6. The van der Waals surface area contributed by atoms with Crippen molar-refractivity contribution in [2.75, 3.05) is 5.73 Å². The summed E-state index contributed by atoms with van der Waals surface area (Å²) in [4.78, 5) is 18.8. The standard InChI is InChI=1S/C18H14ClN5S/c1-9-18(20)24-17(14-8-22-10(2)25-14)16(23-9)12-6-11-4-3-5-21-15(11)13(19)7-12/h3-8H,1-2H3,(H2,20,24). The number of pyridine rings is 1. The van der Waals surface area contributed by atoms with E-state index in [2.05, 4.69) is 19.9 Å². The van der Waals surface area contributed by atoms with E-state index in [1.165, 1.54) is 0 Å². The van der Waals surface area contributed by atoms with E-state index in [1.54, 1.807) is 23.7 Å². The summed E-state index contributed by atoms with van der Waals surface area (Å²) in [6.45, 7) is 3.80. The first kappa shape index (κ1) is 15.9. The number of hydrogen-bond donors (Lipinski definition) is 1. The summed E-state index contributed by atoms with van der Waals surface area (Å²) in [5.41, 5.74) is 9.79. The zero-order valence-electron chi connectivity index (χ0n) is 13.6. The number of aromatic nitrogens is 4. The molecule has 0 fully saturated rings. The lowest BCUT2D eigenvalue weighted by Gasteiger charge is -2.11. The fraction of sp³-hybridized carbons (Fsp3) is 0.111. The summed E-state index contributed by atoms with van der Waals surface area (Å²) in [5, 5.41) is 2.49. The molecule has 25 heavy (non-hydrogen) atoms. The second-order valence-corrected chi connectivity index (χ2v) is 7.31. The molecule has 2 N–H and O–H groups in total. The molecule has 4 aromatic rings. The maximum atomic E-state index is 6.44. The van der Waals surface area contributed by atoms with Crippen molar-refractivity contribution in [1.82, 2.24) is 19.9 Å². The molecule has 0 aliphatic rings. The van der Waals surface area contributed by atoms with E-state index in [9.17, 15) is 0 Å². The molecule has 5 nitrogen and oxygen atoms in total. The Balaban J connectivity index is 2.00. The summed E-state index contributed by atoms with van der Waals surface area (Å²) >= 11 is 8.00. The van der Waals surface area contributed by atoms with E-state index in [4.69, 9.17) is 17.3 Å². The van der Waals surface area contributed by atoms with Gasteiger partial charge in [0.15, 0.2) is 0 Å². The SMILES string of the molecule is Cc1ncc(-c2nc(N)c(C)nc2-c2cc(Cl)c3ncccc3c2)s1. The third-order valence-corrected chi connectivity index (χ3v) is 5.10. The molecule has 1 aromatic carbocycles. The summed E-state index contributed by atoms with van der Waals surface area (Å²) in [7, 11) is 0. The average molecular weight is 368 g/mol. The number of benzene rings is 1. The molecule has 3 aromatic heterocycles. The highest BCUT2D eigenvalue weighted by atomic mass is 35.5. The number of anilines is 1. The van der Waals surface area contributed by atoms with Gasteiger partial charge in [-0.05, 0) is 32.0 Å². The summed E-state index contributed by atoms with van der Waals surface area (Å²) in [6.07, 6.45) is 3.53. The van der Waals surface area contributed by atoms with E-state index in [-0.39, 0.29) is 0 Å². The van der Waals surface area contributed by atoms with E-state index < -0.39 is 0 Å². The first-order valence-electron chi connectivity index (χ1n) is 7.64. The first-order valence-corrected chi connectivity index (χ1v) is 8.84. The van der Waals surface area contributed by atoms with E-state index >= 15 is 0 Å². The smallest absolute Gasteiger partial charge is 0.145 e. The van der Waals surface area contributed by atoms with E-state index in [0.29, 0.717) is 22.2 Å². The van der Waals surface area contributed by atoms with Crippen LogP contribution < -0.4 is 5.73 Å². The van der Waals surface area contributed by atoms with Crippen LogP contribution in [-0.2, 0) is 0 Å². The topological polar surface area (TPSA) is 77.6 Å². The maximum absolute atomic E-state index is 6.44. The van der Waals surface area contributed by atoms with Crippen LogP contribution in [0.2, 0.25) is 5.02 Å². The van der Waals surface area contributed by atoms with Crippen molar-refractivity contribution in [3.05, 3.63) is 52.4 Å². The molecular weight excluding hydrogens is 354 g/mol. The molecule has 0 atom stereocenters. The Bertz CT molecular complexity index is 1110. The molecule has 0 radical (unpaired) electrons. The number of nitrogens with two attached hydrogens (primary N) is 1. The summed E-state index contributed by atoms with van der Waals surface area (Å²) < 4.78 is 0. The Hall–Kier alpha value is -2.57. The number of nitrogens with zero attached hydrogens (tertiary/aromatic N) is 4. The molecule has 0 saturated heterocycles. The third kappa shape index (κ3) is 2.83. The van der Waals surface area contributed by atoms with Crippen molar-refractivity contribution in [3.8, 4) is 21.8 Å². The van der Waals surface area contributed by atoms with Crippen molar-refractivity contribution >= 4 is 39.7 Å². The zero-order valence-corrected chi connectivity index (χ0v) is 15.2. The second-order valence-electron chi connectivity index (χ2n) is 5.67. The van der Waals surface area contributed by atoms with Gasteiger partial charge in [-0.25, -0.2) is 15.0 Å². The maximum Gasteiger partial charge on any atom is 0.145 e. The van der Waals surface area contributed by atoms with Gasteiger partial charge in [-0.2, -0.15) is 0 Å². The molecule has 3 heterocycles. The summed E-state index contributed by atoms with van der Waals surface area (Å²) in [5.74, 6) is 0.415. The Morgan fingerprint density at radius 2 is 1.92 bits per heavy atom. The van der Waals surface area contributed by atoms with Crippen LogP contribution in [0.4, 0.5) is 5.82 Å². The van der Waals surface area contributed by atoms with Crippen LogP contribution in [0.1, 0.15) is 10.7 Å². The minimum absolute atomic E-state index is 0.415. The van der Waals surface area contributed by atoms with Crippen molar-refractivity contribution in [2.45, 2.75) is 13.8 Å². The molecule has 0 spiro atoms. The Morgan fingerprint density at radius 1 is 1.08 bits per heavy atom. The number of rotatable bonds is 2. The van der Waals surface area contributed by atoms with Crippen LogP contribution in [-0.4, -0.2) is 19.9 Å². The van der Waals surface area contributed by atoms with Crippen LogP contribution in [0.5, 0.6) is 0 Å². The largest absolute Gasteiger partial charge is 0.382 e. The fourth-order valence-electron chi connectivity index (χ4n) is 2.66. The van der Waals surface area contributed by atoms with Crippen LogP contribution in [0, 0.1) is 13.8 Å². The number of halogens is 1. The molecule has 4 rings (SSSR count). The van der Waals surface area contributed by atoms with Crippen molar-refractivity contribution in [2.24, 2.45) is 0 Å². The van der Waals surface area contributed by atoms with Crippen LogP contribution in [0.25, 0.3) is 32.7 Å². The van der Waals surface area contributed by atoms with Gasteiger partial charge in [0.2, 0.25) is 0 Å². The normalized spacial score (nSPS) is 11.2. The van der Waals surface area contributed by atoms with Crippen LogP contribution in [0.3, 0.4) is 0 Å². The van der Waals surface area contributed by atoms with E-state index in [0.717, 1.165) is 32.0 Å². The minimum Gasteiger partial charge on any atom is -0.382 e. The number of thiazole rings is 1. The Kier molecular flexibility index (Phi) is 3.86. The van der Waals surface area contributed by atoms with Crippen LogP contribution in [0.15, 0.2) is 36.7 Å². The first-order chi connectivity index (χ1) is 12.0. The molecular formula is C18H14ClN5S. The van der Waals surface area contributed by atoms with Crippen molar-refractivity contribution in [3.63, 3.8) is 0 Å². The molecule has 0 saturated carbocycles. The second kappa shape index (κ2) is 6.06. The molecule has 0 unspecified atom stereocenters. The lowest BCUT2D eigenvalue weighted by Crippen LogP contribution is -2.02.